The van der Waals surface area contributed by atoms with Crippen LogP contribution in [0.15, 0.2) is 64.0 Å². The summed E-state index contributed by atoms with van der Waals surface area (Å²) in [5, 5.41) is 7.33. The number of nitrogens with zero attached hydrogens (tertiary/aromatic N) is 3. The fourth-order valence-electron chi connectivity index (χ4n) is 3.33. The van der Waals surface area contributed by atoms with Crippen LogP contribution in [-0.2, 0) is 19.6 Å². The maximum absolute atomic E-state index is 12.9. The average molecular weight is 469 g/mol. The summed E-state index contributed by atoms with van der Waals surface area (Å²) in [4.78, 5) is 32.4. The van der Waals surface area contributed by atoms with E-state index in [1.165, 1.54) is 22.7 Å². The number of amides is 2. The minimum absolute atomic E-state index is 0.0550. The van der Waals surface area contributed by atoms with Crippen molar-refractivity contribution in [2.24, 2.45) is 0 Å². The lowest BCUT2D eigenvalue weighted by atomic mass is 10.3. The Morgan fingerprint density at radius 1 is 1.19 bits per heavy atom. The molecule has 0 aliphatic carbocycles. The molecule has 4 heterocycles. The summed E-state index contributed by atoms with van der Waals surface area (Å²) in [7, 11) is 0. The van der Waals surface area contributed by atoms with E-state index in [0.29, 0.717) is 37.6 Å². The molecule has 0 unspecified atom stereocenters. The molecule has 0 atom stereocenters. The van der Waals surface area contributed by atoms with Gasteiger partial charge >= 0.3 is 0 Å². The number of rotatable bonds is 10. The Morgan fingerprint density at radius 2 is 2.09 bits per heavy atom. The van der Waals surface area contributed by atoms with Crippen molar-refractivity contribution in [2.45, 2.75) is 33.0 Å². The minimum atomic E-state index is -0.229. The normalized spacial score (nSPS) is 10.9. The summed E-state index contributed by atoms with van der Waals surface area (Å²) >= 11 is 2.91. The Labute approximate surface area is 194 Å². The molecule has 2 amide bonds. The second kappa shape index (κ2) is 10.4. The second-order valence-electron chi connectivity index (χ2n) is 7.22. The highest BCUT2D eigenvalue weighted by atomic mass is 32.1. The highest BCUT2D eigenvalue weighted by molar-refractivity contribution is 7.12. The third-order valence-corrected chi connectivity index (χ3v) is 6.57. The maximum Gasteiger partial charge on any atom is 0.271 e. The Balaban J connectivity index is 1.40. The molecule has 7 nitrogen and oxygen atoms in total. The van der Waals surface area contributed by atoms with Gasteiger partial charge < -0.3 is 19.2 Å². The van der Waals surface area contributed by atoms with Crippen LogP contribution in [0, 0.1) is 0 Å². The van der Waals surface area contributed by atoms with Crippen molar-refractivity contribution >= 4 is 34.5 Å². The van der Waals surface area contributed by atoms with E-state index < -0.39 is 0 Å². The van der Waals surface area contributed by atoms with Crippen molar-refractivity contribution in [3.8, 4) is 0 Å². The number of aromatic nitrogens is 2. The van der Waals surface area contributed by atoms with Gasteiger partial charge in [-0.1, -0.05) is 13.0 Å². The van der Waals surface area contributed by atoms with Crippen LogP contribution in [0.3, 0.4) is 0 Å². The smallest absolute Gasteiger partial charge is 0.271 e. The molecular weight excluding hydrogens is 444 g/mol. The third kappa shape index (κ3) is 5.35. The van der Waals surface area contributed by atoms with E-state index in [2.05, 4.69) is 21.8 Å². The quantitative estimate of drug-likeness (QED) is 0.368. The first-order chi connectivity index (χ1) is 15.6. The van der Waals surface area contributed by atoms with Gasteiger partial charge in [0.15, 0.2) is 0 Å². The van der Waals surface area contributed by atoms with Gasteiger partial charge in [-0.3, -0.25) is 9.59 Å². The fourth-order valence-corrected chi connectivity index (χ4v) is 4.79. The zero-order chi connectivity index (χ0) is 22.3. The van der Waals surface area contributed by atoms with E-state index in [1.807, 2.05) is 46.8 Å². The van der Waals surface area contributed by atoms with E-state index in [9.17, 15) is 9.59 Å². The molecule has 4 aromatic heterocycles. The standard InChI is InChI=1S/C23H24N4O3S2/c1-2-9-27(23(29)20-8-5-12-31-20)14-17-6-3-10-26(17)15-21-25-19(16-32-21)22(28)24-13-18-7-4-11-30-18/h3-8,10-12,16H,2,9,13-15H2,1H3,(H,24,28). The van der Waals surface area contributed by atoms with E-state index >= 15 is 0 Å². The lowest BCUT2D eigenvalue weighted by Crippen LogP contribution is -2.31. The number of nitrogens with one attached hydrogen (secondary N) is 1. The fraction of sp³-hybridized carbons (Fsp3) is 0.261. The molecule has 32 heavy (non-hydrogen) atoms. The van der Waals surface area contributed by atoms with Gasteiger partial charge in [-0.15, -0.1) is 22.7 Å². The molecular formula is C23H24N4O3S2. The van der Waals surface area contributed by atoms with E-state index in [1.54, 1.807) is 17.7 Å². The average Bonchev–Trinajstić information content (AvgIpc) is 3.60. The number of furan rings is 1. The summed E-state index contributed by atoms with van der Waals surface area (Å²) in [6, 6.07) is 11.4. The molecule has 0 saturated carbocycles. The van der Waals surface area contributed by atoms with E-state index in [4.69, 9.17) is 4.42 Å². The molecule has 0 radical (unpaired) electrons. The molecule has 0 aromatic carbocycles. The van der Waals surface area contributed by atoms with Crippen LogP contribution in [0.25, 0.3) is 0 Å². The van der Waals surface area contributed by atoms with Crippen molar-refractivity contribution in [3.05, 3.63) is 86.7 Å². The minimum Gasteiger partial charge on any atom is -0.467 e. The third-order valence-electron chi connectivity index (χ3n) is 4.88. The molecule has 4 aromatic rings. The molecule has 9 heteroatoms. The summed E-state index contributed by atoms with van der Waals surface area (Å²) in [5.74, 6) is 0.520. The van der Waals surface area contributed by atoms with Gasteiger partial charge in [0.1, 0.15) is 16.5 Å². The predicted octanol–water partition coefficient (Wildman–Crippen LogP) is 4.63. The zero-order valence-electron chi connectivity index (χ0n) is 17.7. The van der Waals surface area contributed by atoms with Gasteiger partial charge in [-0.05, 0) is 42.1 Å². The first kappa shape index (κ1) is 22.0. The van der Waals surface area contributed by atoms with Crippen LogP contribution in [0.1, 0.15) is 50.0 Å². The molecule has 166 valence electrons. The van der Waals surface area contributed by atoms with Gasteiger partial charge in [0.2, 0.25) is 0 Å². The number of carbonyl (C=O) groups excluding carboxylic acids is 2. The zero-order valence-corrected chi connectivity index (χ0v) is 19.3. The van der Waals surface area contributed by atoms with Crippen LogP contribution >= 0.6 is 22.7 Å². The topological polar surface area (TPSA) is 80.4 Å². The molecule has 0 spiro atoms. The largest absolute Gasteiger partial charge is 0.467 e. The number of thiophene rings is 1. The van der Waals surface area contributed by atoms with E-state index in [0.717, 1.165) is 22.0 Å². The van der Waals surface area contributed by atoms with E-state index in [-0.39, 0.29) is 11.8 Å². The molecule has 0 saturated heterocycles. The molecule has 0 aliphatic heterocycles. The van der Waals surface area contributed by atoms with Gasteiger partial charge in [0.05, 0.1) is 30.8 Å². The SMILES string of the molecule is CCCN(Cc1cccn1Cc1nc(C(=O)NCc2ccco2)cs1)C(=O)c1cccs1. The van der Waals surface area contributed by atoms with Gasteiger partial charge in [-0.25, -0.2) is 4.98 Å². The molecule has 0 bridgehead atoms. The maximum atomic E-state index is 12.9. The number of hydrogen-bond donors (Lipinski definition) is 1. The van der Waals surface area contributed by atoms with Gasteiger partial charge in [0, 0.05) is 23.8 Å². The lowest BCUT2D eigenvalue weighted by Gasteiger charge is -2.22. The van der Waals surface area contributed by atoms with Crippen molar-refractivity contribution in [1.29, 1.82) is 0 Å². The van der Waals surface area contributed by atoms with Crippen molar-refractivity contribution in [3.63, 3.8) is 0 Å². The highest BCUT2D eigenvalue weighted by Gasteiger charge is 2.18. The van der Waals surface area contributed by atoms with Gasteiger partial charge in [0.25, 0.3) is 11.8 Å². The second-order valence-corrected chi connectivity index (χ2v) is 9.11. The van der Waals surface area contributed by atoms with Crippen molar-refractivity contribution < 1.29 is 14.0 Å². The van der Waals surface area contributed by atoms with Crippen LogP contribution in [0.5, 0.6) is 0 Å². The molecule has 0 fully saturated rings. The Hall–Kier alpha value is -3.17. The molecule has 0 aliphatic rings. The molecule has 1 N–H and O–H groups in total. The first-order valence-corrected chi connectivity index (χ1v) is 12.1. The number of hydrogen-bond acceptors (Lipinski definition) is 6. The lowest BCUT2D eigenvalue weighted by molar-refractivity contribution is 0.0744. The van der Waals surface area contributed by atoms with Crippen molar-refractivity contribution in [1.82, 2.24) is 19.8 Å². The van der Waals surface area contributed by atoms with Crippen LogP contribution in [0.2, 0.25) is 0 Å². The highest BCUT2D eigenvalue weighted by Crippen LogP contribution is 2.18. The molecule has 4 rings (SSSR count). The Bertz CT molecular complexity index is 1150. The first-order valence-electron chi connectivity index (χ1n) is 10.4. The summed E-state index contributed by atoms with van der Waals surface area (Å²) in [6.07, 6.45) is 4.45. The van der Waals surface area contributed by atoms with Gasteiger partial charge in [-0.2, -0.15) is 0 Å². The number of carbonyl (C=O) groups is 2. The summed E-state index contributed by atoms with van der Waals surface area (Å²) in [6.45, 7) is 4.16. The monoisotopic (exact) mass is 468 g/mol. The predicted molar refractivity (Wildman–Crippen MR) is 125 cm³/mol. The summed E-state index contributed by atoms with van der Waals surface area (Å²) < 4.78 is 7.31. The Morgan fingerprint density at radius 3 is 2.84 bits per heavy atom. The van der Waals surface area contributed by atoms with Crippen LogP contribution in [-0.4, -0.2) is 32.8 Å². The van der Waals surface area contributed by atoms with Crippen LogP contribution < -0.4 is 5.32 Å². The Kier molecular flexibility index (Phi) is 7.18. The number of thiazole rings is 1. The summed E-state index contributed by atoms with van der Waals surface area (Å²) in [5.41, 5.74) is 1.42. The van der Waals surface area contributed by atoms with Crippen molar-refractivity contribution in [2.75, 3.05) is 6.54 Å². The van der Waals surface area contributed by atoms with Crippen LogP contribution in [0.4, 0.5) is 0 Å².